The fraction of sp³-hybridized carbons (Fsp3) is 0.136. The first-order valence-electron chi connectivity index (χ1n) is 9.20. The van der Waals surface area contributed by atoms with Crippen LogP contribution < -0.4 is 10.2 Å². The zero-order valence-corrected chi connectivity index (χ0v) is 17.9. The molecule has 0 aliphatic carbocycles. The molecule has 0 atom stereocenters. The maximum absolute atomic E-state index is 12.9. The highest BCUT2D eigenvalue weighted by atomic mass is 79.9. The number of nitrogens with one attached hydrogen (secondary N) is 1. The fourth-order valence-corrected chi connectivity index (χ4v) is 4.27. The van der Waals surface area contributed by atoms with Crippen molar-refractivity contribution in [2.45, 2.75) is 22.8 Å². The molecule has 0 radical (unpaired) electrons. The molecule has 5 nitrogen and oxygen atoms in total. The third kappa shape index (κ3) is 4.68. The first-order chi connectivity index (χ1) is 14.1. The number of benzene rings is 2. The van der Waals surface area contributed by atoms with Gasteiger partial charge < -0.3 is 10.2 Å². The van der Waals surface area contributed by atoms with Crippen LogP contribution in [0.25, 0.3) is 0 Å². The number of hydrogen-bond donors (Lipinski definition) is 1. The van der Waals surface area contributed by atoms with Crippen LogP contribution in [0.1, 0.15) is 23.2 Å². The van der Waals surface area contributed by atoms with Crippen LogP contribution in [0.2, 0.25) is 0 Å². The summed E-state index contributed by atoms with van der Waals surface area (Å²) in [6.45, 7) is 0.718. The maximum Gasteiger partial charge on any atom is 0.256 e. The number of hydrogen-bond acceptors (Lipinski definition) is 4. The van der Waals surface area contributed by atoms with Gasteiger partial charge in [0.2, 0.25) is 5.91 Å². The zero-order valence-electron chi connectivity index (χ0n) is 15.5. The van der Waals surface area contributed by atoms with Gasteiger partial charge in [-0.3, -0.25) is 9.59 Å². The Morgan fingerprint density at radius 2 is 1.97 bits per heavy atom. The van der Waals surface area contributed by atoms with Gasteiger partial charge in [-0.15, -0.1) is 0 Å². The quantitative estimate of drug-likeness (QED) is 0.547. The van der Waals surface area contributed by atoms with Crippen LogP contribution in [0.5, 0.6) is 0 Å². The molecule has 1 aromatic heterocycles. The number of aromatic nitrogens is 1. The molecule has 1 N–H and O–H groups in total. The van der Waals surface area contributed by atoms with Gasteiger partial charge in [0.15, 0.2) is 0 Å². The number of carbonyl (C=O) groups is 2. The van der Waals surface area contributed by atoms with E-state index >= 15 is 0 Å². The van der Waals surface area contributed by atoms with Gasteiger partial charge in [0.05, 0.1) is 5.56 Å². The van der Waals surface area contributed by atoms with Gasteiger partial charge in [0, 0.05) is 39.9 Å². The Hall–Kier alpha value is -2.64. The van der Waals surface area contributed by atoms with Crippen molar-refractivity contribution in [1.29, 1.82) is 0 Å². The third-order valence-corrected chi connectivity index (χ3v) is 6.03. The van der Waals surface area contributed by atoms with Crippen molar-refractivity contribution in [3.8, 4) is 0 Å². The van der Waals surface area contributed by atoms with Crippen LogP contribution in [-0.4, -0.2) is 23.3 Å². The minimum Gasteiger partial charge on any atom is -0.322 e. The van der Waals surface area contributed by atoms with Gasteiger partial charge in [0.1, 0.15) is 5.03 Å². The highest BCUT2D eigenvalue weighted by Crippen LogP contribution is 2.30. The van der Waals surface area contributed by atoms with Crippen molar-refractivity contribution >= 4 is 50.9 Å². The summed E-state index contributed by atoms with van der Waals surface area (Å²) < 4.78 is 0.907. The van der Waals surface area contributed by atoms with Crippen LogP contribution in [-0.2, 0) is 4.79 Å². The minimum absolute atomic E-state index is 0.122. The SMILES string of the molecule is O=C(Nc1cccc(N2CCCC2=O)c1)c1ccccc1Sc1ccc(Br)cn1. The average Bonchev–Trinajstić information content (AvgIpc) is 3.16. The molecule has 146 valence electrons. The minimum atomic E-state index is -0.199. The molecule has 1 aliphatic rings. The molecule has 0 spiro atoms. The maximum atomic E-state index is 12.9. The lowest BCUT2D eigenvalue weighted by molar-refractivity contribution is -0.117. The molecule has 0 bridgehead atoms. The summed E-state index contributed by atoms with van der Waals surface area (Å²) in [6, 6.07) is 18.7. The van der Waals surface area contributed by atoms with E-state index in [1.807, 2.05) is 54.6 Å². The van der Waals surface area contributed by atoms with Crippen molar-refractivity contribution in [2.75, 3.05) is 16.8 Å². The number of amides is 2. The molecular formula is C22H18BrN3O2S. The second-order valence-corrected chi connectivity index (χ2v) is 8.54. The van der Waals surface area contributed by atoms with Crippen molar-refractivity contribution < 1.29 is 9.59 Å². The van der Waals surface area contributed by atoms with E-state index in [-0.39, 0.29) is 11.8 Å². The second kappa shape index (κ2) is 8.80. The largest absolute Gasteiger partial charge is 0.322 e. The number of carbonyl (C=O) groups excluding carboxylic acids is 2. The number of rotatable bonds is 5. The number of nitrogens with zero attached hydrogens (tertiary/aromatic N) is 2. The van der Waals surface area contributed by atoms with E-state index in [1.54, 1.807) is 17.2 Å². The second-order valence-electron chi connectivity index (χ2n) is 6.57. The summed E-state index contributed by atoms with van der Waals surface area (Å²) in [6.07, 6.45) is 3.17. The molecule has 2 aromatic carbocycles. The smallest absolute Gasteiger partial charge is 0.256 e. The van der Waals surface area contributed by atoms with E-state index in [2.05, 4.69) is 26.2 Å². The van der Waals surface area contributed by atoms with Gasteiger partial charge in [-0.25, -0.2) is 4.98 Å². The van der Waals surface area contributed by atoms with E-state index in [4.69, 9.17) is 0 Å². The summed E-state index contributed by atoms with van der Waals surface area (Å²) in [7, 11) is 0. The normalized spacial score (nSPS) is 13.6. The molecule has 0 saturated carbocycles. The molecule has 1 saturated heterocycles. The first-order valence-corrected chi connectivity index (χ1v) is 10.8. The summed E-state index contributed by atoms with van der Waals surface area (Å²) in [5, 5.41) is 3.76. The molecule has 7 heteroatoms. The highest BCUT2D eigenvalue weighted by molar-refractivity contribution is 9.10. The molecule has 1 fully saturated rings. The summed E-state index contributed by atoms with van der Waals surface area (Å²) in [5.74, 6) is -0.0765. The van der Waals surface area contributed by atoms with Gasteiger partial charge in [-0.2, -0.15) is 0 Å². The summed E-state index contributed by atoms with van der Waals surface area (Å²) >= 11 is 4.82. The molecular weight excluding hydrogens is 450 g/mol. The number of pyridine rings is 1. The Morgan fingerprint density at radius 1 is 1.10 bits per heavy atom. The fourth-order valence-electron chi connectivity index (χ4n) is 3.15. The lowest BCUT2D eigenvalue weighted by atomic mass is 10.2. The molecule has 29 heavy (non-hydrogen) atoms. The van der Waals surface area contributed by atoms with E-state index in [0.717, 1.165) is 33.0 Å². The average molecular weight is 468 g/mol. The van der Waals surface area contributed by atoms with E-state index in [9.17, 15) is 9.59 Å². The van der Waals surface area contributed by atoms with Gasteiger partial charge >= 0.3 is 0 Å². The highest BCUT2D eigenvalue weighted by Gasteiger charge is 2.22. The van der Waals surface area contributed by atoms with E-state index in [1.165, 1.54) is 11.8 Å². The Balaban J connectivity index is 1.53. The molecule has 2 heterocycles. The Bertz CT molecular complexity index is 1060. The Kier molecular flexibility index (Phi) is 5.97. The summed E-state index contributed by atoms with van der Waals surface area (Å²) in [4.78, 5) is 31.9. The lowest BCUT2D eigenvalue weighted by Crippen LogP contribution is -2.23. The first kappa shape index (κ1) is 19.7. The molecule has 3 aromatic rings. The predicted octanol–water partition coefficient (Wildman–Crippen LogP) is 5.37. The van der Waals surface area contributed by atoms with Crippen LogP contribution in [0, 0.1) is 0 Å². The van der Waals surface area contributed by atoms with E-state index in [0.29, 0.717) is 17.7 Å². The molecule has 0 unspecified atom stereocenters. The number of halogens is 1. The summed E-state index contributed by atoms with van der Waals surface area (Å²) in [5.41, 5.74) is 2.05. The van der Waals surface area contributed by atoms with Crippen molar-refractivity contribution in [2.24, 2.45) is 0 Å². The molecule has 2 amide bonds. The number of anilines is 2. The van der Waals surface area contributed by atoms with Crippen LogP contribution in [0.4, 0.5) is 11.4 Å². The van der Waals surface area contributed by atoms with Crippen LogP contribution in [0.3, 0.4) is 0 Å². The zero-order chi connectivity index (χ0) is 20.2. The van der Waals surface area contributed by atoms with Crippen LogP contribution >= 0.6 is 27.7 Å². The van der Waals surface area contributed by atoms with E-state index < -0.39 is 0 Å². The monoisotopic (exact) mass is 467 g/mol. The van der Waals surface area contributed by atoms with Crippen molar-refractivity contribution in [3.63, 3.8) is 0 Å². The van der Waals surface area contributed by atoms with Crippen molar-refractivity contribution in [1.82, 2.24) is 4.98 Å². The van der Waals surface area contributed by atoms with Gasteiger partial charge in [0.25, 0.3) is 5.91 Å². The molecule has 1 aliphatic heterocycles. The lowest BCUT2D eigenvalue weighted by Gasteiger charge is -2.17. The predicted molar refractivity (Wildman–Crippen MR) is 118 cm³/mol. The van der Waals surface area contributed by atoms with Gasteiger partial charge in [-0.1, -0.05) is 30.0 Å². The Labute approximate surface area is 181 Å². The molecule has 4 rings (SSSR count). The van der Waals surface area contributed by atoms with Crippen LogP contribution in [0.15, 0.2) is 81.3 Å². The van der Waals surface area contributed by atoms with Gasteiger partial charge in [-0.05, 0) is 64.8 Å². The topological polar surface area (TPSA) is 62.3 Å². The third-order valence-electron chi connectivity index (χ3n) is 4.54. The Morgan fingerprint density at radius 3 is 2.72 bits per heavy atom. The van der Waals surface area contributed by atoms with Crippen molar-refractivity contribution in [3.05, 3.63) is 76.9 Å². The standard InChI is InChI=1S/C22H18BrN3O2S/c23-15-10-11-20(24-14-15)29-19-8-2-1-7-18(19)22(28)25-16-5-3-6-17(13-16)26-12-4-9-21(26)27/h1-3,5-8,10-11,13-14H,4,9,12H2,(H,25,28).